The summed E-state index contributed by atoms with van der Waals surface area (Å²) in [6.45, 7) is 4.51. The minimum Gasteiger partial charge on any atom is -0.338 e. The van der Waals surface area contributed by atoms with Crippen LogP contribution in [0.4, 0.5) is 0 Å². The van der Waals surface area contributed by atoms with Crippen molar-refractivity contribution in [2.75, 3.05) is 0 Å². The Labute approximate surface area is 96.8 Å². The minimum atomic E-state index is -1.64. The molecule has 16 heavy (non-hydrogen) atoms. The second-order valence-electron chi connectivity index (χ2n) is 4.21. The molecule has 0 amide bonds. The lowest BCUT2D eigenvalue weighted by Gasteiger charge is -2.14. The van der Waals surface area contributed by atoms with Gasteiger partial charge in [0.15, 0.2) is 8.07 Å². The van der Waals surface area contributed by atoms with Crippen LogP contribution in [0.1, 0.15) is 5.69 Å². The third kappa shape index (κ3) is 2.41. The van der Waals surface area contributed by atoms with Crippen molar-refractivity contribution in [3.63, 3.8) is 0 Å². The highest BCUT2D eigenvalue weighted by molar-refractivity contribution is 6.96. The van der Waals surface area contributed by atoms with E-state index in [4.69, 9.17) is 0 Å². The summed E-state index contributed by atoms with van der Waals surface area (Å²) >= 11 is 0. The van der Waals surface area contributed by atoms with Crippen molar-refractivity contribution in [1.29, 1.82) is 0 Å². The van der Waals surface area contributed by atoms with Crippen molar-refractivity contribution in [2.24, 2.45) is 0 Å². The molecule has 3 heteroatoms. The Morgan fingerprint density at radius 3 is 2.56 bits per heavy atom. The predicted molar refractivity (Wildman–Crippen MR) is 69.0 cm³/mol. The molecule has 0 saturated carbocycles. The van der Waals surface area contributed by atoms with Crippen molar-refractivity contribution >= 4 is 13.3 Å². The van der Waals surface area contributed by atoms with Crippen LogP contribution in [-0.2, 0) is 0 Å². The largest absolute Gasteiger partial charge is 0.338 e. The van der Waals surface area contributed by atoms with Crippen LogP contribution < -0.4 is 5.19 Å². The molecule has 2 aromatic rings. The molecule has 0 aliphatic carbocycles. The molecular formula is C13H14N2Si. The minimum absolute atomic E-state index is 0.886. The zero-order valence-electron chi connectivity index (χ0n) is 9.49. The average Bonchev–Trinajstić information content (AvgIpc) is 2.81. The highest BCUT2D eigenvalue weighted by Crippen LogP contribution is 2.01. The number of imidazole rings is 1. The molecule has 0 aliphatic rings. The summed E-state index contributed by atoms with van der Waals surface area (Å²) in [5.74, 6) is 3.16. The summed E-state index contributed by atoms with van der Waals surface area (Å²) in [4.78, 5) is 6.95. The van der Waals surface area contributed by atoms with E-state index in [-0.39, 0.29) is 0 Å². The fourth-order valence-electron chi connectivity index (χ4n) is 1.47. The number of hydrogen-bond donors (Lipinski definition) is 1. The summed E-state index contributed by atoms with van der Waals surface area (Å²) in [6, 6.07) is 10.5. The summed E-state index contributed by atoms with van der Waals surface area (Å²) in [5.41, 5.74) is 4.28. The monoisotopic (exact) mass is 226 g/mol. The number of aromatic nitrogens is 2. The highest BCUT2D eigenvalue weighted by atomic mass is 28.3. The van der Waals surface area contributed by atoms with Crippen LogP contribution in [0.5, 0.6) is 0 Å². The second kappa shape index (κ2) is 4.38. The van der Waals surface area contributed by atoms with Gasteiger partial charge in [0.2, 0.25) is 0 Å². The van der Waals surface area contributed by atoms with Crippen LogP contribution >= 0.6 is 0 Å². The molecule has 1 heterocycles. The van der Waals surface area contributed by atoms with Crippen LogP contribution in [0.2, 0.25) is 13.1 Å². The van der Waals surface area contributed by atoms with Crippen molar-refractivity contribution < 1.29 is 0 Å². The van der Waals surface area contributed by atoms with Crippen molar-refractivity contribution in [3.05, 3.63) is 48.5 Å². The van der Waals surface area contributed by atoms with Crippen LogP contribution in [0.3, 0.4) is 0 Å². The van der Waals surface area contributed by atoms with Gasteiger partial charge in [-0.05, 0) is 5.19 Å². The predicted octanol–water partition coefficient (Wildman–Crippen LogP) is 1.92. The molecule has 80 valence electrons. The van der Waals surface area contributed by atoms with E-state index < -0.39 is 8.07 Å². The van der Waals surface area contributed by atoms with E-state index in [0.717, 1.165) is 5.69 Å². The molecule has 2 rings (SSSR count). The number of nitrogens with zero attached hydrogens (tertiary/aromatic N) is 1. The Balaban J connectivity index is 2.27. The molecule has 0 saturated heterocycles. The number of rotatable bonds is 1. The Morgan fingerprint density at radius 2 is 1.94 bits per heavy atom. The lowest BCUT2D eigenvalue weighted by Crippen LogP contribution is -2.39. The molecule has 0 bridgehead atoms. The van der Waals surface area contributed by atoms with Crippen LogP contribution in [0, 0.1) is 11.5 Å². The van der Waals surface area contributed by atoms with Gasteiger partial charge in [0.1, 0.15) is 5.69 Å². The van der Waals surface area contributed by atoms with Gasteiger partial charge in [-0.15, -0.1) is 5.54 Å². The molecule has 1 aromatic carbocycles. The average molecular weight is 226 g/mol. The number of benzene rings is 1. The molecule has 1 aromatic heterocycles. The lowest BCUT2D eigenvalue weighted by atomic mass is 10.4. The summed E-state index contributed by atoms with van der Waals surface area (Å²) in [7, 11) is -1.64. The molecule has 0 aliphatic heterocycles. The first kappa shape index (κ1) is 10.7. The number of hydrogen-bond acceptors (Lipinski definition) is 1. The van der Waals surface area contributed by atoms with Gasteiger partial charge in [-0.3, -0.25) is 0 Å². The molecule has 0 spiro atoms. The van der Waals surface area contributed by atoms with E-state index in [1.54, 1.807) is 12.5 Å². The lowest BCUT2D eigenvalue weighted by molar-refractivity contribution is 1.30. The second-order valence-corrected chi connectivity index (χ2v) is 8.28. The maximum Gasteiger partial charge on any atom is 0.163 e. The van der Waals surface area contributed by atoms with Crippen molar-refractivity contribution in [3.8, 4) is 11.5 Å². The molecule has 0 radical (unpaired) electrons. The fraction of sp³-hybridized carbons (Fsp3) is 0.154. The quantitative estimate of drug-likeness (QED) is 0.584. The van der Waals surface area contributed by atoms with Gasteiger partial charge in [0.05, 0.1) is 12.5 Å². The Morgan fingerprint density at radius 1 is 1.19 bits per heavy atom. The van der Waals surface area contributed by atoms with Gasteiger partial charge in [0.25, 0.3) is 0 Å². The molecule has 1 N–H and O–H groups in total. The van der Waals surface area contributed by atoms with E-state index in [1.807, 2.05) is 6.07 Å². The van der Waals surface area contributed by atoms with Crippen molar-refractivity contribution in [2.45, 2.75) is 13.1 Å². The SMILES string of the molecule is C[Si](C)(C#Cc1cnc[nH]1)c1ccccc1. The van der Waals surface area contributed by atoms with Crippen LogP contribution in [0.15, 0.2) is 42.9 Å². The Kier molecular flexibility index (Phi) is 2.93. The van der Waals surface area contributed by atoms with Gasteiger partial charge < -0.3 is 4.98 Å². The van der Waals surface area contributed by atoms with Gasteiger partial charge in [-0.2, -0.15) is 0 Å². The number of aromatic amines is 1. The molecule has 0 unspecified atom stereocenters. The normalized spacial score (nSPS) is 10.6. The topological polar surface area (TPSA) is 28.7 Å². The third-order valence-corrected chi connectivity index (χ3v) is 5.03. The summed E-state index contributed by atoms with van der Waals surface area (Å²) in [6.07, 6.45) is 3.41. The maximum absolute atomic E-state index is 3.95. The number of nitrogens with one attached hydrogen (secondary N) is 1. The summed E-state index contributed by atoms with van der Waals surface area (Å²) < 4.78 is 0. The van der Waals surface area contributed by atoms with E-state index >= 15 is 0 Å². The Hall–Kier alpha value is -1.79. The first-order valence-electron chi connectivity index (χ1n) is 5.25. The molecular weight excluding hydrogens is 212 g/mol. The number of H-pyrrole nitrogens is 1. The smallest absolute Gasteiger partial charge is 0.163 e. The molecule has 0 fully saturated rings. The summed E-state index contributed by atoms with van der Waals surface area (Å²) in [5, 5.41) is 1.36. The van der Waals surface area contributed by atoms with E-state index in [1.165, 1.54) is 5.19 Å². The van der Waals surface area contributed by atoms with Crippen molar-refractivity contribution in [1.82, 2.24) is 9.97 Å². The molecule has 2 nitrogen and oxygen atoms in total. The van der Waals surface area contributed by atoms with Gasteiger partial charge in [0, 0.05) is 0 Å². The fourth-order valence-corrected chi connectivity index (χ4v) is 3.09. The molecule has 0 atom stereocenters. The van der Waals surface area contributed by atoms with E-state index in [2.05, 4.69) is 58.8 Å². The maximum atomic E-state index is 3.95. The van der Waals surface area contributed by atoms with Crippen LogP contribution in [-0.4, -0.2) is 18.0 Å². The van der Waals surface area contributed by atoms with Gasteiger partial charge >= 0.3 is 0 Å². The first-order valence-corrected chi connectivity index (χ1v) is 8.25. The zero-order valence-corrected chi connectivity index (χ0v) is 10.5. The zero-order chi connectivity index (χ0) is 11.4. The van der Waals surface area contributed by atoms with E-state index in [0.29, 0.717) is 0 Å². The van der Waals surface area contributed by atoms with E-state index in [9.17, 15) is 0 Å². The standard InChI is InChI=1S/C13H14N2Si/c1-16(2,13-6-4-3-5-7-13)9-8-12-10-14-11-15-12/h3-7,10-11H,1-2H3,(H,14,15). The van der Waals surface area contributed by atoms with Gasteiger partial charge in [-0.25, -0.2) is 4.98 Å². The highest BCUT2D eigenvalue weighted by Gasteiger charge is 2.20. The van der Waals surface area contributed by atoms with Gasteiger partial charge in [-0.1, -0.05) is 49.3 Å². The van der Waals surface area contributed by atoms with Crippen LogP contribution in [0.25, 0.3) is 0 Å². The first-order chi connectivity index (χ1) is 7.68. The Bertz CT molecular complexity index is 504. The third-order valence-electron chi connectivity index (χ3n) is 2.50.